The Morgan fingerprint density at radius 3 is 1.67 bits per heavy atom. The van der Waals surface area contributed by atoms with Crippen molar-refractivity contribution in [2.45, 2.75) is 53.6 Å². The van der Waals surface area contributed by atoms with Crippen molar-refractivity contribution in [3.8, 4) is 0 Å². The maximum atomic E-state index is 13.2. The van der Waals surface area contributed by atoms with E-state index in [0.29, 0.717) is 0 Å². The molecule has 21 heavy (non-hydrogen) atoms. The fraction of sp³-hybridized carbons (Fsp3) is 1.00. The van der Waals surface area contributed by atoms with Crippen LogP contribution in [0.1, 0.15) is 25.7 Å². The summed E-state index contributed by atoms with van der Waals surface area (Å²) in [6, 6.07) is 0. The SMILES string of the molecule is OCCCCC(I)CC(F)(F)C(F)(F)C(F)(F)C(F)(F)F. The summed E-state index contributed by atoms with van der Waals surface area (Å²) >= 11 is 1.27. The number of hydrogen-bond acceptors (Lipinski definition) is 1. The smallest absolute Gasteiger partial charge is 0.396 e. The van der Waals surface area contributed by atoms with Crippen LogP contribution in [0, 0.1) is 0 Å². The molecule has 11 heteroatoms. The van der Waals surface area contributed by atoms with Crippen LogP contribution < -0.4 is 0 Å². The minimum atomic E-state index is -6.83. The fourth-order valence-corrected chi connectivity index (χ4v) is 2.39. The molecule has 0 spiro atoms. The summed E-state index contributed by atoms with van der Waals surface area (Å²) in [6.45, 7) is -0.276. The summed E-state index contributed by atoms with van der Waals surface area (Å²) in [5, 5.41) is 8.44. The maximum absolute atomic E-state index is 13.2. The zero-order valence-electron chi connectivity index (χ0n) is 10.3. The first-order valence-electron chi connectivity index (χ1n) is 5.66. The Hall–Kier alpha value is 0.0600. The highest BCUT2D eigenvalue weighted by atomic mass is 127. The standard InChI is InChI=1S/C10H12F9IO/c11-7(12,5-6(20)3-1-2-4-21)8(13,14)9(15,16)10(17,18)19/h6,21H,1-5H2. The minimum Gasteiger partial charge on any atom is -0.396 e. The van der Waals surface area contributed by atoms with Crippen LogP contribution in [0.3, 0.4) is 0 Å². The molecular formula is C10H12F9IO. The average Bonchev–Trinajstić information content (AvgIpc) is 2.26. The highest BCUT2D eigenvalue weighted by molar-refractivity contribution is 14.1. The predicted molar refractivity (Wildman–Crippen MR) is 64.3 cm³/mol. The van der Waals surface area contributed by atoms with Crippen molar-refractivity contribution < 1.29 is 44.6 Å². The van der Waals surface area contributed by atoms with Gasteiger partial charge in [0.05, 0.1) is 0 Å². The third-order valence-corrected chi connectivity index (χ3v) is 3.68. The van der Waals surface area contributed by atoms with E-state index in [9.17, 15) is 39.5 Å². The lowest BCUT2D eigenvalue weighted by Crippen LogP contribution is -2.61. The highest BCUT2D eigenvalue weighted by Crippen LogP contribution is 2.54. The number of unbranched alkanes of at least 4 members (excludes halogenated alkanes) is 1. The first kappa shape index (κ1) is 21.1. The molecule has 0 aliphatic rings. The molecule has 0 bridgehead atoms. The Morgan fingerprint density at radius 2 is 1.29 bits per heavy atom. The van der Waals surface area contributed by atoms with Crippen LogP contribution in [-0.4, -0.2) is 39.6 Å². The number of alkyl halides is 10. The molecule has 0 amide bonds. The first-order valence-corrected chi connectivity index (χ1v) is 6.90. The van der Waals surface area contributed by atoms with Gasteiger partial charge in [-0.15, -0.1) is 0 Å². The Morgan fingerprint density at radius 1 is 0.810 bits per heavy atom. The number of rotatable bonds is 8. The van der Waals surface area contributed by atoms with Crippen molar-refractivity contribution in [3.63, 3.8) is 0 Å². The molecule has 1 N–H and O–H groups in total. The third kappa shape index (κ3) is 4.76. The van der Waals surface area contributed by atoms with E-state index < -0.39 is 34.3 Å². The molecule has 1 unspecified atom stereocenters. The molecule has 0 heterocycles. The molecule has 0 aliphatic heterocycles. The molecule has 0 aromatic heterocycles. The molecule has 0 saturated heterocycles. The van der Waals surface area contributed by atoms with Crippen molar-refractivity contribution in [1.29, 1.82) is 0 Å². The van der Waals surface area contributed by atoms with Crippen LogP contribution in [0.4, 0.5) is 39.5 Å². The molecule has 0 aromatic carbocycles. The summed E-state index contributed by atoms with van der Waals surface area (Å²) in [6.07, 6.45) is -8.39. The van der Waals surface area contributed by atoms with Crippen molar-refractivity contribution >= 4 is 22.6 Å². The molecule has 0 fully saturated rings. The molecule has 0 radical (unpaired) electrons. The zero-order valence-corrected chi connectivity index (χ0v) is 12.5. The van der Waals surface area contributed by atoms with Crippen LogP contribution in [0.15, 0.2) is 0 Å². The Bertz CT molecular complexity index is 329. The van der Waals surface area contributed by atoms with Gasteiger partial charge >= 0.3 is 23.9 Å². The quantitative estimate of drug-likeness (QED) is 0.246. The van der Waals surface area contributed by atoms with Gasteiger partial charge < -0.3 is 5.11 Å². The van der Waals surface area contributed by atoms with Crippen LogP contribution in [0.5, 0.6) is 0 Å². The van der Waals surface area contributed by atoms with Gasteiger partial charge in [-0.25, -0.2) is 0 Å². The lowest BCUT2D eigenvalue weighted by Gasteiger charge is -2.34. The Kier molecular flexibility index (Phi) is 7.11. The van der Waals surface area contributed by atoms with Gasteiger partial charge in [0.25, 0.3) is 0 Å². The maximum Gasteiger partial charge on any atom is 0.460 e. The van der Waals surface area contributed by atoms with Crippen molar-refractivity contribution in [1.82, 2.24) is 0 Å². The van der Waals surface area contributed by atoms with E-state index in [-0.39, 0.29) is 25.9 Å². The number of hydrogen-bond donors (Lipinski definition) is 1. The van der Waals surface area contributed by atoms with Crippen molar-refractivity contribution in [2.24, 2.45) is 0 Å². The second-order valence-corrected chi connectivity index (χ2v) is 6.13. The van der Waals surface area contributed by atoms with Gasteiger partial charge in [0.1, 0.15) is 0 Å². The average molecular weight is 446 g/mol. The Balaban J connectivity index is 5.03. The lowest BCUT2D eigenvalue weighted by atomic mass is 9.98. The zero-order chi connectivity index (χ0) is 17.1. The van der Waals surface area contributed by atoms with Crippen LogP contribution >= 0.6 is 22.6 Å². The van der Waals surface area contributed by atoms with E-state index >= 15 is 0 Å². The second kappa shape index (κ2) is 7.09. The van der Waals surface area contributed by atoms with Gasteiger partial charge in [0.2, 0.25) is 0 Å². The van der Waals surface area contributed by atoms with E-state index in [1.807, 2.05) is 0 Å². The van der Waals surface area contributed by atoms with Gasteiger partial charge in [-0.1, -0.05) is 29.0 Å². The summed E-state index contributed by atoms with van der Waals surface area (Å²) in [5.74, 6) is -18.9. The van der Waals surface area contributed by atoms with Crippen LogP contribution in [0.25, 0.3) is 0 Å². The van der Waals surface area contributed by atoms with Crippen LogP contribution in [0.2, 0.25) is 0 Å². The molecular weight excluding hydrogens is 434 g/mol. The van der Waals surface area contributed by atoms with Gasteiger partial charge in [-0.2, -0.15) is 39.5 Å². The van der Waals surface area contributed by atoms with E-state index in [2.05, 4.69) is 0 Å². The van der Waals surface area contributed by atoms with E-state index in [1.165, 1.54) is 22.6 Å². The summed E-state index contributed by atoms with van der Waals surface area (Å²) in [5.41, 5.74) is 0. The lowest BCUT2D eigenvalue weighted by molar-refractivity contribution is -0.396. The van der Waals surface area contributed by atoms with Gasteiger partial charge in [0, 0.05) is 17.0 Å². The summed E-state index contributed by atoms with van der Waals surface area (Å²) in [7, 11) is 0. The van der Waals surface area contributed by atoms with E-state index in [4.69, 9.17) is 5.11 Å². The molecule has 0 rings (SSSR count). The molecule has 1 nitrogen and oxygen atoms in total. The third-order valence-electron chi connectivity index (χ3n) is 2.61. The molecule has 0 aliphatic carbocycles. The topological polar surface area (TPSA) is 20.2 Å². The number of halogens is 10. The summed E-state index contributed by atoms with van der Waals surface area (Å²) in [4.78, 5) is 0. The highest BCUT2D eigenvalue weighted by Gasteiger charge is 2.81. The minimum absolute atomic E-state index is 0.121. The molecule has 128 valence electrons. The normalized spacial score (nSPS) is 16.1. The summed E-state index contributed by atoms with van der Waals surface area (Å²) < 4.78 is 112. The largest absolute Gasteiger partial charge is 0.460 e. The Labute approximate surface area is 128 Å². The number of aliphatic hydroxyl groups is 1. The first-order chi connectivity index (χ1) is 9.20. The van der Waals surface area contributed by atoms with E-state index in [1.54, 1.807) is 0 Å². The van der Waals surface area contributed by atoms with Gasteiger partial charge in [-0.3, -0.25) is 0 Å². The molecule has 1 atom stereocenters. The van der Waals surface area contributed by atoms with Crippen LogP contribution in [-0.2, 0) is 0 Å². The van der Waals surface area contributed by atoms with Crippen molar-refractivity contribution in [2.75, 3.05) is 6.61 Å². The van der Waals surface area contributed by atoms with Crippen molar-refractivity contribution in [3.05, 3.63) is 0 Å². The van der Waals surface area contributed by atoms with E-state index in [0.717, 1.165) is 0 Å². The number of aliphatic hydroxyl groups excluding tert-OH is 1. The van der Waals surface area contributed by atoms with Gasteiger partial charge in [0.15, 0.2) is 0 Å². The van der Waals surface area contributed by atoms with Gasteiger partial charge in [-0.05, 0) is 12.8 Å². The fourth-order valence-electron chi connectivity index (χ4n) is 1.39. The predicted octanol–water partition coefficient (Wildman–Crippen LogP) is 4.81. The second-order valence-electron chi connectivity index (χ2n) is 4.37. The molecule has 0 aromatic rings. The monoisotopic (exact) mass is 446 g/mol. The molecule has 0 saturated carbocycles.